The van der Waals surface area contributed by atoms with Crippen LogP contribution in [-0.4, -0.2) is 89.3 Å². The molecule has 1 fully saturated rings. The normalized spacial score (nSPS) is 15.9. The minimum atomic E-state index is -1.16. The van der Waals surface area contributed by atoms with Crippen LogP contribution in [0.15, 0.2) is 48.5 Å². The Morgan fingerprint density at radius 3 is 2.26 bits per heavy atom. The maximum atomic E-state index is 12.4. The molecule has 1 heterocycles. The summed E-state index contributed by atoms with van der Waals surface area (Å²) in [6.07, 6.45) is -2.14. The van der Waals surface area contributed by atoms with E-state index >= 15 is 0 Å². The number of fused-ring (bicyclic) bond motifs is 3. The Labute approximate surface area is 202 Å². The molecule has 0 radical (unpaired) electrons. The lowest BCUT2D eigenvalue weighted by molar-refractivity contribution is -0.150. The molecule has 3 amide bonds. The number of amides is 3. The smallest absolute Gasteiger partial charge is 0.407 e. The zero-order chi connectivity index (χ0) is 24.9. The van der Waals surface area contributed by atoms with Crippen molar-refractivity contribution in [2.24, 2.45) is 0 Å². The first-order chi connectivity index (χ1) is 16.8. The van der Waals surface area contributed by atoms with E-state index in [-0.39, 0.29) is 45.1 Å². The van der Waals surface area contributed by atoms with E-state index in [0.29, 0.717) is 0 Å². The van der Waals surface area contributed by atoms with Crippen molar-refractivity contribution in [1.82, 2.24) is 15.1 Å². The van der Waals surface area contributed by atoms with Crippen LogP contribution in [-0.2, 0) is 19.1 Å². The number of nitrogens with zero attached hydrogens (tertiary/aromatic N) is 2. The van der Waals surface area contributed by atoms with Crippen molar-refractivity contribution in [2.45, 2.75) is 18.4 Å². The monoisotopic (exact) mass is 481 g/mol. The Kier molecular flexibility index (Phi) is 7.31. The predicted octanol–water partition coefficient (Wildman–Crippen LogP) is 1.03. The number of aliphatic carboxylic acids is 1. The van der Waals surface area contributed by atoms with Crippen molar-refractivity contribution in [3.63, 3.8) is 0 Å². The van der Waals surface area contributed by atoms with Crippen molar-refractivity contribution >= 4 is 23.9 Å². The largest absolute Gasteiger partial charge is 0.480 e. The third-order valence-corrected chi connectivity index (χ3v) is 6.23. The molecule has 1 atom stereocenters. The van der Waals surface area contributed by atoms with Gasteiger partial charge in [-0.05, 0) is 22.3 Å². The van der Waals surface area contributed by atoms with Gasteiger partial charge in [-0.2, -0.15) is 0 Å². The van der Waals surface area contributed by atoms with E-state index in [1.807, 2.05) is 48.5 Å². The molecule has 184 valence electrons. The molecule has 1 aliphatic carbocycles. The Morgan fingerprint density at radius 1 is 1.03 bits per heavy atom. The van der Waals surface area contributed by atoms with Crippen molar-refractivity contribution in [2.75, 3.05) is 39.3 Å². The fourth-order valence-corrected chi connectivity index (χ4v) is 4.51. The number of piperazine rings is 1. The molecule has 0 aromatic heterocycles. The van der Waals surface area contributed by atoms with Gasteiger partial charge in [-0.15, -0.1) is 0 Å². The summed E-state index contributed by atoms with van der Waals surface area (Å²) < 4.78 is 5.41. The quantitative estimate of drug-likeness (QED) is 0.512. The molecule has 2 aromatic rings. The van der Waals surface area contributed by atoms with Gasteiger partial charge in [0.25, 0.3) is 0 Å². The predicted molar refractivity (Wildman–Crippen MR) is 124 cm³/mol. The Balaban J connectivity index is 1.22. The van der Waals surface area contributed by atoms with Gasteiger partial charge >= 0.3 is 12.1 Å². The van der Waals surface area contributed by atoms with Crippen LogP contribution in [0.1, 0.15) is 23.5 Å². The van der Waals surface area contributed by atoms with Crippen LogP contribution in [0.5, 0.6) is 0 Å². The van der Waals surface area contributed by atoms with Gasteiger partial charge in [-0.3, -0.25) is 14.4 Å². The van der Waals surface area contributed by atoms with E-state index in [4.69, 9.17) is 9.84 Å². The summed E-state index contributed by atoms with van der Waals surface area (Å²) in [6, 6.07) is 16.0. The van der Waals surface area contributed by atoms with Crippen molar-refractivity contribution < 1.29 is 34.1 Å². The average Bonchev–Trinajstić information content (AvgIpc) is 3.16. The van der Waals surface area contributed by atoms with Crippen molar-refractivity contribution in [3.05, 3.63) is 59.7 Å². The Hall–Kier alpha value is -3.92. The molecule has 4 rings (SSSR count). The lowest BCUT2D eigenvalue weighted by Gasteiger charge is -2.33. The lowest BCUT2D eigenvalue weighted by Crippen LogP contribution is -2.54. The minimum Gasteiger partial charge on any atom is -0.480 e. The Bertz CT molecular complexity index is 1090. The molecule has 2 aromatic carbocycles. The average molecular weight is 482 g/mol. The van der Waals surface area contributed by atoms with Gasteiger partial charge < -0.3 is 30.1 Å². The molecule has 1 aliphatic heterocycles. The van der Waals surface area contributed by atoms with Gasteiger partial charge in [0.15, 0.2) is 0 Å². The van der Waals surface area contributed by atoms with Crippen LogP contribution < -0.4 is 5.32 Å². The zero-order valence-corrected chi connectivity index (χ0v) is 19.1. The number of carbonyl (C=O) groups excluding carboxylic acids is 3. The number of aliphatic hydroxyl groups is 1. The molecule has 0 saturated carbocycles. The van der Waals surface area contributed by atoms with Crippen LogP contribution >= 0.6 is 0 Å². The van der Waals surface area contributed by atoms with Crippen LogP contribution in [0.4, 0.5) is 4.79 Å². The lowest BCUT2D eigenvalue weighted by atomic mass is 9.98. The molecule has 3 N–H and O–H groups in total. The summed E-state index contributed by atoms with van der Waals surface area (Å²) in [5.41, 5.74) is 4.41. The minimum absolute atomic E-state index is 0.0861. The molecule has 35 heavy (non-hydrogen) atoms. The SMILES string of the molecule is O=C(O)CN1CCN(C(=O)CC(O)CNC(=O)OCC2c3ccccc3-c3ccccc32)CC1=O. The summed E-state index contributed by atoms with van der Waals surface area (Å²) in [6.45, 7) is -0.394. The maximum absolute atomic E-state index is 12.4. The Morgan fingerprint density at radius 2 is 1.66 bits per heavy atom. The standard InChI is InChI=1S/C25H27N3O7/c29-16(11-22(30)27-9-10-28(14-24(32)33)23(31)13-27)12-26-25(34)35-15-21-19-7-3-1-5-17(19)18-6-2-4-8-20(18)21/h1-8,16,21,29H,9-15H2,(H,26,34)(H,32,33). The highest BCUT2D eigenvalue weighted by Crippen LogP contribution is 2.44. The van der Waals surface area contributed by atoms with E-state index in [0.717, 1.165) is 22.3 Å². The van der Waals surface area contributed by atoms with Gasteiger partial charge in [0.2, 0.25) is 11.8 Å². The van der Waals surface area contributed by atoms with Gasteiger partial charge in [0.1, 0.15) is 13.2 Å². The summed E-state index contributed by atoms with van der Waals surface area (Å²) >= 11 is 0. The number of aliphatic hydroxyl groups excluding tert-OH is 1. The number of benzene rings is 2. The number of alkyl carbamates (subject to hydrolysis) is 1. The van der Waals surface area contributed by atoms with E-state index in [9.17, 15) is 24.3 Å². The second-order valence-corrected chi connectivity index (χ2v) is 8.59. The highest BCUT2D eigenvalue weighted by molar-refractivity contribution is 5.88. The van der Waals surface area contributed by atoms with Crippen LogP contribution in [0.3, 0.4) is 0 Å². The number of carboxylic acids is 1. The maximum Gasteiger partial charge on any atom is 0.407 e. The summed E-state index contributed by atoms with van der Waals surface area (Å²) in [7, 11) is 0. The first kappa shape index (κ1) is 24.2. The number of hydrogen-bond donors (Lipinski definition) is 3. The second-order valence-electron chi connectivity index (χ2n) is 8.59. The summed E-state index contributed by atoms with van der Waals surface area (Å²) in [5, 5.41) is 21.5. The van der Waals surface area contributed by atoms with Crippen LogP contribution in [0, 0.1) is 0 Å². The molecule has 1 saturated heterocycles. The zero-order valence-electron chi connectivity index (χ0n) is 19.1. The summed E-state index contributed by atoms with van der Waals surface area (Å²) in [5.74, 6) is -2.11. The molecule has 1 unspecified atom stereocenters. The molecule has 10 heteroatoms. The van der Waals surface area contributed by atoms with Crippen molar-refractivity contribution in [1.29, 1.82) is 0 Å². The highest BCUT2D eigenvalue weighted by Gasteiger charge is 2.30. The van der Waals surface area contributed by atoms with Crippen molar-refractivity contribution in [3.8, 4) is 11.1 Å². The fourth-order valence-electron chi connectivity index (χ4n) is 4.51. The number of carboxylic acid groups (broad SMARTS) is 1. The molecule has 0 spiro atoms. The summed E-state index contributed by atoms with van der Waals surface area (Å²) in [4.78, 5) is 49.9. The highest BCUT2D eigenvalue weighted by atomic mass is 16.5. The fraction of sp³-hybridized carbons (Fsp3) is 0.360. The molecular formula is C25H27N3O7. The van der Waals surface area contributed by atoms with E-state index < -0.39 is 36.5 Å². The van der Waals surface area contributed by atoms with E-state index in [2.05, 4.69) is 5.32 Å². The van der Waals surface area contributed by atoms with Crippen LogP contribution in [0.25, 0.3) is 11.1 Å². The third-order valence-electron chi connectivity index (χ3n) is 6.23. The second kappa shape index (κ2) is 10.6. The van der Waals surface area contributed by atoms with E-state index in [1.165, 1.54) is 9.80 Å². The van der Waals surface area contributed by atoms with Crippen LogP contribution in [0.2, 0.25) is 0 Å². The number of ether oxygens (including phenoxy) is 1. The molecule has 2 aliphatic rings. The number of nitrogens with one attached hydrogen (secondary N) is 1. The van der Waals surface area contributed by atoms with Gasteiger partial charge in [-0.25, -0.2) is 4.79 Å². The van der Waals surface area contributed by atoms with Gasteiger partial charge in [-0.1, -0.05) is 48.5 Å². The number of hydrogen-bond acceptors (Lipinski definition) is 6. The first-order valence-electron chi connectivity index (χ1n) is 11.4. The molecule has 0 bridgehead atoms. The number of carbonyl (C=O) groups is 4. The molecule has 10 nitrogen and oxygen atoms in total. The van der Waals surface area contributed by atoms with E-state index in [1.54, 1.807) is 0 Å². The van der Waals surface area contributed by atoms with Gasteiger partial charge in [0, 0.05) is 25.6 Å². The topological polar surface area (TPSA) is 136 Å². The first-order valence-corrected chi connectivity index (χ1v) is 11.4. The van der Waals surface area contributed by atoms with Gasteiger partial charge in [0.05, 0.1) is 19.1 Å². The molecular weight excluding hydrogens is 454 g/mol. The third kappa shape index (κ3) is 5.60. The number of rotatable bonds is 8.